The number of methoxy groups -OCH3 is 2. The van der Waals surface area contributed by atoms with E-state index in [0.717, 1.165) is 17.7 Å². The molecule has 1 amide bonds. The molecule has 0 radical (unpaired) electrons. The standard InChI is InChI=1S/C15H21NO3/c1-16(10-5-11-18-2)15(17)9-8-13-6-4-7-14(12-13)19-3/h4,6-9,12H,5,10-11H2,1-3H3/b9-8+. The van der Waals surface area contributed by atoms with E-state index in [9.17, 15) is 4.79 Å². The molecule has 0 heterocycles. The van der Waals surface area contributed by atoms with Crippen LogP contribution in [0, 0.1) is 0 Å². The number of carbonyl (C=O) groups is 1. The molecule has 0 bridgehead atoms. The normalized spacial score (nSPS) is 10.7. The van der Waals surface area contributed by atoms with Gasteiger partial charge in [0.05, 0.1) is 7.11 Å². The summed E-state index contributed by atoms with van der Waals surface area (Å²) in [5, 5.41) is 0. The second-order valence-electron chi connectivity index (χ2n) is 4.22. The third kappa shape index (κ3) is 5.57. The van der Waals surface area contributed by atoms with Crippen molar-refractivity contribution in [3.63, 3.8) is 0 Å². The van der Waals surface area contributed by atoms with Gasteiger partial charge in [0.1, 0.15) is 5.75 Å². The van der Waals surface area contributed by atoms with Gasteiger partial charge in [0.2, 0.25) is 5.91 Å². The van der Waals surface area contributed by atoms with E-state index in [2.05, 4.69) is 0 Å². The van der Waals surface area contributed by atoms with Crippen molar-refractivity contribution in [1.29, 1.82) is 0 Å². The predicted molar refractivity (Wildman–Crippen MR) is 76.2 cm³/mol. The van der Waals surface area contributed by atoms with E-state index < -0.39 is 0 Å². The molecule has 1 rings (SSSR count). The summed E-state index contributed by atoms with van der Waals surface area (Å²) < 4.78 is 10.1. The molecule has 0 spiro atoms. The number of benzene rings is 1. The zero-order valence-electron chi connectivity index (χ0n) is 11.8. The maximum Gasteiger partial charge on any atom is 0.246 e. The van der Waals surface area contributed by atoms with Crippen molar-refractivity contribution < 1.29 is 14.3 Å². The van der Waals surface area contributed by atoms with Gasteiger partial charge in [-0.25, -0.2) is 0 Å². The van der Waals surface area contributed by atoms with Gasteiger partial charge in [0.25, 0.3) is 0 Å². The number of likely N-dealkylation sites (N-methyl/N-ethyl adjacent to an activating group) is 1. The maximum atomic E-state index is 11.8. The lowest BCUT2D eigenvalue weighted by molar-refractivity contribution is -0.124. The van der Waals surface area contributed by atoms with Crippen LogP contribution in [0.2, 0.25) is 0 Å². The summed E-state index contributed by atoms with van der Waals surface area (Å²) in [6.07, 6.45) is 4.20. The molecule has 4 nitrogen and oxygen atoms in total. The number of amides is 1. The average molecular weight is 263 g/mol. The molecule has 1 aromatic carbocycles. The maximum absolute atomic E-state index is 11.8. The minimum Gasteiger partial charge on any atom is -0.497 e. The largest absolute Gasteiger partial charge is 0.497 e. The lowest BCUT2D eigenvalue weighted by Gasteiger charge is -2.14. The monoisotopic (exact) mass is 263 g/mol. The summed E-state index contributed by atoms with van der Waals surface area (Å²) in [5.41, 5.74) is 0.943. The van der Waals surface area contributed by atoms with Crippen molar-refractivity contribution in [3.8, 4) is 5.75 Å². The van der Waals surface area contributed by atoms with E-state index in [4.69, 9.17) is 9.47 Å². The molecule has 0 aliphatic carbocycles. The molecule has 19 heavy (non-hydrogen) atoms. The Kier molecular flexibility index (Phi) is 6.68. The first-order chi connectivity index (χ1) is 9.17. The van der Waals surface area contributed by atoms with Crippen LogP contribution < -0.4 is 4.74 Å². The molecule has 0 fully saturated rings. The summed E-state index contributed by atoms with van der Waals surface area (Å²) in [7, 11) is 5.07. The van der Waals surface area contributed by atoms with Crippen LogP contribution in [0.25, 0.3) is 6.08 Å². The Morgan fingerprint density at radius 3 is 2.84 bits per heavy atom. The van der Waals surface area contributed by atoms with Crippen LogP contribution in [-0.4, -0.2) is 45.2 Å². The third-order valence-electron chi connectivity index (χ3n) is 2.73. The first-order valence-electron chi connectivity index (χ1n) is 6.23. The Hall–Kier alpha value is -1.81. The van der Waals surface area contributed by atoms with Crippen LogP contribution in [0.4, 0.5) is 0 Å². The van der Waals surface area contributed by atoms with E-state index in [1.54, 1.807) is 38.3 Å². The Morgan fingerprint density at radius 2 is 2.16 bits per heavy atom. The zero-order chi connectivity index (χ0) is 14.1. The number of hydrogen-bond acceptors (Lipinski definition) is 3. The number of hydrogen-bond donors (Lipinski definition) is 0. The molecule has 0 saturated heterocycles. The van der Waals surface area contributed by atoms with E-state index in [0.29, 0.717) is 13.2 Å². The average Bonchev–Trinajstić information content (AvgIpc) is 2.45. The fraction of sp³-hybridized carbons (Fsp3) is 0.400. The lowest BCUT2D eigenvalue weighted by Crippen LogP contribution is -2.26. The Balaban J connectivity index is 2.52. The highest BCUT2D eigenvalue weighted by Gasteiger charge is 2.03. The smallest absolute Gasteiger partial charge is 0.246 e. The Bertz CT molecular complexity index is 429. The molecule has 1 aromatic rings. The second-order valence-corrected chi connectivity index (χ2v) is 4.22. The first-order valence-corrected chi connectivity index (χ1v) is 6.23. The second kappa shape index (κ2) is 8.32. The quantitative estimate of drug-likeness (QED) is 0.559. The van der Waals surface area contributed by atoms with Gasteiger partial charge in [-0.2, -0.15) is 0 Å². The van der Waals surface area contributed by atoms with Gasteiger partial charge in [-0.1, -0.05) is 12.1 Å². The van der Waals surface area contributed by atoms with Crippen molar-refractivity contribution in [2.45, 2.75) is 6.42 Å². The molecule has 4 heteroatoms. The lowest BCUT2D eigenvalue weighted by atomic mass is 10.2. The van der Waals surface area contributed by atoms with Crippen LogP contribution in [0.5, 0.6) is 5.75 Å². The van der Waals surface area contributed by atoms with Crippen LogP contribution in [0.15, 0.2) is 30.3 Å². The summed E-state index contributed by atoms with van der Waals surface area (Å²) in [6, 6.07) is 7.58. The molecule has 0 aromatic heterocycles. The van der Waals surface area contributed by atoms with Crippen LogP contribution in [-0.2, 0) is 9.53 Å². The minimum atomic E-state index is -0.0149. The molecular weight excluding hydrogens is 242 g/mol. The van der Waals surface area contributed by atoms with E-state index in [-0.39, 0.29) is 5.91 Å². The molecule has 0 N–H and O–H groups in total. The number of ether oxygens (including phenoxy) is 2. The van der Waals surface area contributed by atoms with Gasteiger partial charge in [-0.15, -0.1) is 0 Å². The summed E-state index contributed by atoms with van der Waals surface area (Å²) in [5.74, 6) is 0.766. The fourth-order valence-electron chi connectivity index (χ4n) is 1.60. The van der Waals surface area contributed by atoms with Gasteiger partial charge < -0.3 is 14.4 Å². The summed E-state index contributed by atoms with van der Waals surface area (Å²) in [6.45, 7) is 1.35. The molecular formula is C15H21NO3. The topological polar surface area (TPSA) is 38.8 Å². The van der Waals surface area contributed by atoms with E-state index >= 15 is 0 Å². The molecule has 0 aliphatic heterocycles. The zero-order valence-corrected chi connectivity index (χ0v) is 11.8. The molecule has 0 aliphatic rings. The molecule has 0 atom stereocenters. The molecule has 104 valence electrons. The predicted octanol–water partition coefficient (Wildman–Crippen LogP) is 2.20. The SMILES string of the molecule is COCCCN(C)C(=O)/C=C/c1cccc(OC)c1. The van der Waals surface area contributed by atoms with Crippen LogP contribution in [0.1, 0.15) is 12.0 Å². The Morgan fingerprint density at radius 1 is 1.37 bits per heavy atom. The van der Waals surface area contributed by atoms with Crippen molar-refractivity contribution >= 4 is 12.0 Å². The van der Waals surface area contributed by atoms with Gasteiger partial charge in [0.15, 0.2) is 0 Å². The van der Waals surface area contributed by atoms with E-state index in [1.807, 2.05) is 24.3 Å². The van der Waals surface area contributed by atoms with Crippen molar-refractivity contribution in [1.82, 2.24) is 4.90 Å². The van der Waals surface area contributed by atoms with Crippen molar-refractivity contribution in [2.24, 2.45) is 0 Å². The van der Waals surface area contributed by atoms with Crippen molar-refractivity contribution in [2.75, 3.05) is 34.4 Å². The van der Waals surface area contributed by atoms with Crippen LogP contribution >= 0.6 is 0 Å². The third-order valence-corrected chi connectivity index (χ3v) is 2.73. The summed E-state index contributed by atoms with van der Waals surface area (Å²) in [4.78, 5) is 13.5. The van der Waals surface area contributed by atoms with Crippen LogP contribution in [0.3, 0.4) is 0 Å². The first kappa shape index (κ1) is 15.2. The number of rotatable bonds is 7. The van der Waals surface area contributed by atoms with Crippen molar-refractivity contribution in [3.05, 3.63) is 35.9 Å². The highest BCUT2D eigenvalue weighted by Crippen LogP contribution is 2.13. The molecule has 0 unspecified atom stereocenters. The highest BCUT2D eigenvalue weighted by atomic mass is 16.5. The Labute approximate surface area is 114 Å². The van der Waals surface area contributed by atoms with Gasteiger partial charge >= 0.3 is 0 Å². The number of carbonyl (C=O) groups excluding carboxylic acids is 1. The number of nitrogens with zero attached hydrogens (tertiary/aromatic N) is 1. The highest BCUT2D eigenvalue weighted by molar-refractivity contribution is 5.91. The van der Waals surface area contributed by atoms with Gasteiger partial charge in [-0.05, 0) is 30.2 Å². The molecule has 0 saturated carbocycles. The van der Waals surface area contributed by atoms with Gasteiger partial charge in [-0.3, -0.25) is 4.79 Å². The summed E-state index contributed by atoms with van der Waals surface area (Å²) >= 11 is 0. The van der Waals surface area contributed by atoms with E-state index in [1.165, 1.54) is 0 Å². The fourth-order valence-corrected chi connectivity index (χ4v) is 1.60. The van der Waals surface area contributed by atoms with Gasteiger partial charge in [0, 0.05) is 33.4 Å². The minimum absolute atomic E-state index is 0.0149.